The van der Waals surface area contributed by atoms with E-state index in [9.17, 15) is 5.11 Å². The van der Waals surface area contributed by atoms with E-state index in [4.69, 9.17) is 0 Å². The van der Waals surface area contributed by atoms with E-state index in [-0.39, 0.29) is 6.04 Å². The van der Waals surface area contributed by atoms with Crippen LogP contribution in [0.25, 0.3) is 0 Å². The lowest BCUT2D eigenvalue weighted by Gasteiger charge is -2.39. The first-order valence-corrected chi connectivity index (χ1v) is 6.95. The molecule has 0 bridgehead atoms. The fourth-order valence-corrected chi connectivity index (χ4v) is 3.03. The number of aliphatic hydroxyl groups is 1. The second-order valence-corrected chi connectivity index (χ2v) is 5.30. The van der Waals surface area contributed by atoms with Crippen LogP contribution in [0.1, 0.15) is 17.5 Å². The highest BCUT2D eigenvalue weighted by atomic mass is 16.3. The number of benzene rings is 2. The van der Waals surface area contributed by atoms with Crippen LogP contribution in [0.5, 0.6) is 0 Å². The summed E-state index contributed by atoms with van der Waals surface area (Å²) in [7, 11) is 2.02. The minimum atomic E-state index is -0.999. The van der Waals surface area contributed by atoms with Crippen LogP contribution in [0.3, 0.4) is 0 Å². The average molecular weight is 265 g/mol. The van der Waals surface area contributed by atoms with Crippen LogP contribution in [-0.4, -0.2) is 23.1 Å². The highest BCUT2D eigenvalue weighted by Crippen LogP contribution is 2.38. The van der Waals surface area contributed by atoms with Gasteiger partial charge in [0.1, 0.15) is 5.60 Å². The molecule has 2 heteroatoms. The summed E-state index contributed by atoms with van der Waals surface area (Å²) >= 11 is 0. The van der Waals surface area contributed by atoms with Crippen molar-refractivity contribution in [1.82, 2.24) is 4.90 Å². The van der Waals surface area contributed by atoms with Crippen LogP contribution in [0.15, 0.2) is 72.9 Å². The Labute approximate surface area is 120 Å². The Kier molecular flexibility index (Phi) is 3.33. The molecule has 0 spiro atoms. The van der Waals surface area contributed by atoms with E-state index in [1.54, 1.807) is 0 Å². The molecule has 3 rings (SSSR count). The van der Waals surface area contributed by atoms with Gasteiger partial charge in [0.25, 0.3) is 0 Å². The van der Waals surface area contributed by atoms with Gasteiger partial charge in [-0.2, -0.15) is 0 Å². The summed E-state index contributed by atoms with van der Waals surface area (Å²) in [6.07, 6.45) is 5.00. The fourth-order valence-electron chi connectivity index (χ4n) is 3.03. The van der Waals surface area contributed by atoms with Gasteiger partial charge >= 0.3 is 0 Å². The lowest BCUT2D eigenvalue weighted by molar-refractivity contribution is 0.0105. The molecular weight excluding hydrogens is 246 g/mol. The number of rotatable bonds is 3. The van der Waals surface area contributed by atoms with Crippen LogP contribution in [0.4, 0.5) is 0 Å². The maximum absolute atomic E-state index is 11.5. The lowest BCUT2D eigenvalue weighted by atomic mass is 9.79. The molecule has 1 aliphatic heterocycles. The summed E-state index contributed by atoms with van der Waals surface area (Å²) in [4.78, 5) is 2.10. The van der Waals surface area contributed by atoms with Gasteiger partial charge in [-0.15, -0.1) is 0 Å². The molecule has 2 nitrogen and oxygen atoms in total. The molecule has 0 saturated carbocycles. The second kappa shape index (κ2) is 5.14. The summed E-state index contributed by atoms with van der Waals surface area (Å²) < 4.78 is 0. The van der Waals surface area contributed by atoms with E-state index in [2.05, 4.69) is 11.0 Å². The molecule has 0 aromatic heterocycles. The van der Waals surface area contributed by atoms with E-state index >= 15 is 0 Å². The van der Waals surface area contributed by atoms with E-state index in [1.807, 2.05) is 73.9 Å². The van der Waals surface area contributed by atoms with Crippen molar-refractivity contribution in [2.45, 2.75) is 18.1 Å². The Morgan fingerprint density at radius 1 is 0.950 bits per heavy atom. The van der Waals surface area contributed by atoms with Crippen molar-refractivity contribution >= 4 is 0 Å². The van der Waals surface area contributed by atoms with Gasteiger partial charge in [0.15, 0.2) is 0 Å². The van der Waals surface area contributed by atoms with Gasteiger partial charge in [-0.1, -0.05) is 66.7 Å². The molecule has 0 radical (unpaired) electrons. The maximum Gasteiger partial charge on any atom is 0.135 e. The van der Waals surface area contributed by atoms with Crippen molar-refractivity contribution in [2.75, 3.05) is 7.05 Å². The normalized spacial score (nSPS) is 18.5. The number of likely N-dealkylation sites (N-methyl/N-ethyl adjacent to an activating group) is 1. The zero-order chi connectivity index (χ0) is 14.0. The van der Waals surface area contributed by atoms with Crippen molar-refractivity contribution in [3.8, 4) is 0 Å². The number of hydrogen-bond acceptors (Lipinski definition) is 2. The standard InChI is InChI=1S/C18H19NO/c1-19-14-8-13-17(19)18(20,15-9-4-2-5-10-15)16-11-6-3-7-12-16/h2-12,14,17,20H,13H2,1H3. The third-order valence-corrected chi connectivity index (χ3v) is 4.10. The zero-order valence-electron chi connectivity index (χ0n) is 11.6. The van der Waals surface area contributed by atoms with Gasteiger partial charge in [0.2, 0.25) is 0 Å². The van der Waals surface area contributed by atoms with Crippen molar-refractivity contribution in [3.05, 3.63) is 84.1 Å². The van der Waals surface area contributed by atoms with Crippen LogP contribution < -0.4 is 0 Å². The largest absolute Gasteiger partial charge is 0.378 e. The highest BCUT2D eigenvalue weighted by Gasteiger charge is 2.42. The minimum absolute atomic E-state index is 0.0206. The Morgan fingerprint density at radius 3 is 1.85 bits per heavy atom. The molecular formula is C18H19NO. The van der Waals surface area contributed by atoms with Gasteiger partial charge in [-0.3, -0.25) is 0 Å². The van der Waals surface area contributed by atoms with Crippen molar-refractivity contribution in [1.29, 1.82) is 0 Å². The SMILES string of the molecule is CN1C=CCC1C(O)(c1ccccc1)c1ccccc1. The quantitative estimate of drug-likeness (QED) is 0.921. The summed E-state index contributed by atoms with van der Waals surface area (Å²) in [6, 6.07) is 19.9. The molecule has 2 aromatic rings. The molecule has 1 unspecified atom stereocenters. The van der Waals surface area contributed by atoms with Crippen LogP contribution in [-0.2, 0) is 5.60 Å². The monoisotopic (exact) mass is 265 g/mol. The molecule has 102 valence electrons. The number of hydrogen-bond donors (Lipinski definition) is 1. The van der Waals surface area contributed by atoms with Crippen molar-refractivity contribution < 1.29 is 5.11 Å². The number of nitrogens with zero attached hydrogens (tertiary/aromatic N) is 1. The molecule has 0 amide bonds. The van der Waals surface area contributed by atoms with Gasteiger partial charge < -0.3 is 10.0 Å². The molecule has 1 atom stereocenters. The smallest absolute Gasteiger partial charge is 0.135 e. The minimum Gasteiger partial charge on any atom is -0.378 e. The fraction of sp³-hybridized carbons (Fsp3) is 0.222. The third kappa shape index (κ3) is 2.02. The molecule has 0 fully saturated rings. The van der Waals surface area contributed by atoms with Gasteiger partial charge in [-0.05, 0) is 23.7 Å². The molecule has 2 aromatic carbocycles. The van der Waals surface area contributed by atoms with E-state index in [0.717, 1.165) is 17.5 Å². The summed E-state index contributed by atoms with van der Waals surface area (Å²) in [5.74, 6) is 0. The second-order valence-electron chi connectivity index (χ2n) is 5.30. The van der Waals surface area contributed by atoms with Gasteiger partial charge in [0, 0.05) is 7.05 Å². The average Bonchev–Trinajstić information content (AvgIpc) is 2.95. The van der Waals surface area contributed by atoms with Crippen molar-refractivity contribution in [2.24, 2.45) is 0 Å². The first-order chi connectivity index (χ1) is 9.73. The van der Waals surface area contributed by atoms with Crippen LogP contribution in [0.2, 0.25) is 0 Å². The Balaban J connectivity index is 2.13. The Bertz CT molecular complexity index is 552. The van der Waals surface area contributed by atoms with Crippen LogP contribution >= 0.6 is 0 Å². The van der Waals surface area contributed by atoms with Gasteiger partial charge in [0.05, 0.1) is 6.04 Å². The predicted molar refractivity (Wildman–Crippen MR) is 81.2 cm³/mol. The lowest BCUT2D eigenvalue weighted by Crippen LogP contribution is -2.46. The van der Waals surface area contributed by atoms with E-state index in [0.29, 0.717) is 0 Å². The van der Waals surface area contributed by atoms with E-state index in [1.165, 1.54) is 0 Å². The zero-order valence-corrected chi connectivity index (χ0v) is 11.6. The summed E-state index contributed by atoms with van der Waals surface area (Å²) in [5.41, 5.74) is 0.874. The summed E-state index contributed by atoms with van der Waals surface area (Å²) in [6.45, 7) is 0. The van der Waals surface area contributed by atoms with Gasteiger partial charge in [-0.25, -0.2) is 0 Å². The molecule has 0 saturated heterocycles. The molecule has 0 aliphatic carbocycles. The molecule has 1 aliphatic rings. The first kappa shape index (κ1) is 12.9. The first-order valence-electron chi connectivity index (χ1n) is 6.95. The van der Waals surface area contributed by atoms with Crippen LogP contribution in [0, 0.1) is 0 Å². The molecule has 1 N–H and O–H groups in total. The summed E-state index contributed by atoms with van der Waals surface area (Å²) in [5, 5.41) is 11.5. The molecule has 1 heterocycles. The van der Waals surface area contributed by atoms with E-state index < -0.39 is 5.60 Å². The van der Waals surface area contributed by atoms with Crippen molar-refractivity contribution in [3.63, 3.8) is 0 Å². The molecule has 20 heavy (non-hydrogen) atoms. The Morgan fingerprint density at radius 2 is 1.45 bits per heavy atom. The maximum atomic E-state index is 11.5. The Hall–Kier alpha value is -2.06. The predicted octanol–water partition coefficient (Wildman–Crippen LogP) is 3.14. The topological polar surface area (TPSA) is 23.5 Å². The third-order valence-electron chi connectivity index (χ3n) is 4.10. The highest BCUT2D eigenvalue weighted by molar-refractivity contribution is 5.39.